The molecule has 0 fully saturated rings. The standard InChI is InChI=1S/C21H37NO3/c1-14-8-7-9-15(2)11-17(4)20(25)21(5,6)18(23)12-19(24)22-13-16(3)10-14/h10,15-18,23H,7-9,11-13H2,1-6H3,(H,22,24)/b14-10-/t15?,16-,17?,18?/m0/s1. The number of aliphatic hydroxyl groups is 1. The van der Waals surface area contributed by atoms with Crippen molar-refractivity contribution in [2.45, 2.75) is 79.8 Å². The van der Waals surface area contributed by atoms with E-state index in [2.05, 4.69) is 32.2 Å². The monoisotopic (exact) mass is 351 g/mol. The maximum atomic E-state index is 12.8. The van der Waals surface area contributed by atoms with Crippen molar-refractivity contribution in [2.24, 2.45) is 23.2 Å². The molecule has 0 spiro atoms. The number of nitrogens with one attached hydrogen (secondary N) is 1. The molecule has 0 aromatic carbocycles. The molecule has 0 aliphatic carbocycles. The molecule has 2 N–H and O–H groups in total. The van der Waals surface area contributed by atoms with Crippen LogP contribution < -0.4 is 5.32 Å². The quantitative estimate of drug-likeness (QED) is 0.651. The summed E-state index contributed by atoms with van der Waals surface area (Å²) in [5.74, 6) is 0.497. The molecule has 0 saturated carbocycles. The first-order valence-corrected chi connectivity index (χ1v) is 9.70. The average Bonchev–Trinajstić information content (AvgIpc) is 2.51. The Balaban J connectivity index is 2.93. The summed E-state index contributed by atoms with van der Waals surface area (Å²) in [5, 5.41) is 13.4. The van der Waals surface area contributed by atoms with Gasteiger partial charge in [-0.05, 0) is 38.0 Å². The number of amides is 1. The summed E-state index contributed by atoms with van der Waals surface area (Å²) in [4.78, 5) is 25.0. The minimum Gasteiger partial charge on any atom is -0.392 e. The van der Waals surface area contributed by atoms with Crippen molar-refractivity contribution in [2.75, 3.05) is 6.54 Å². The number of allylic oxidation sites excluding steroid dienone is 1. The molecular weight excluding hydrogens is 314 g/mol. The molecule has 0 radical (unpaired) electrons. The Kier molecular flexibility index (Phi) is 8.33. The lowest BCUT2D eigenvalue weighted by Gasteiger charge is -2.32. The Bertz CT molecular complexity index is 495. The normalized spacial score (nSPS) is 35.6. The summed E-state index contributed by atoms with van der Waals surface area (Å²) in [7, 11) is 0. The molecule has 4 atom stereocenters. The highest BCUT2D eigenvalue weighted by Gasteiger charge is 2.39. The molecule has 4 nitrogen and oxygen atoms in total. The van der Waals surface area contributed by atoms with Crippen LogP contribution >= 0.6 is 0 Å². The summed E-state index contributed by atoms with van der Waals surface area (Å²) >= 11 is 0. The molecule has 1 aliphatic heterocycles. The topological polar surface area (TPSA) is 66.4 Å². The fraction of sp³-hybridized carbons (Fsp3) is 0.810. The van der Waals surface area contributed by atoms with E-state index in [1.807, 2.05) is 6.92 Å². The van der Waals surface area contributed by atoms with Gasteiger partial charge in [-0.25, -0.2) is 0 Å². The van der Waals surface area contributed by atoms with Crippen molar-refractivity contribution in [1.82, 2.24) is 5.32 Å². The summed E-state index contributed by atoms with van der Waals surface area (Å²) in [5.41, 5.74) is 0.446. The molecule has 1 heterocycles. The lowest BCUT2D eigenvalue weighted by Crippen LogP contribution is -2.43. The van der Waals surface area contributed by atoms with E-state index in [0.717, 1.165) is 25.7 Å². The zero-order chi connectivity index (χ0) is 19.2. The number of hydrogen-bond acceptors (Lipinski definition) is 3. The number of aliphatic hydroxyl groups excluding tert-OH is 1. The van der Waals surface area contributed by atoms with E-state index in [1.54, 1.807) is 13.8 Å². The lowest BCUT2D eigenvalue weighted by atomic mass is 9.74. The second kappa shape index (κ2) is 9.51. The van der Waals surface area contributed by atoms with Gasteiger partial charge >= 0.3 is 0 Å². The third-order valence-corrected chi connectivity index (χ3v) is 5.51. The van der Waals surface area contributed by atoms with Crippen LogP contribution in [0, 0.1) is 23.2 Å². The Morgan fingerprint density at radius 3 is 2.48 bits per heavy atom. The summed E-state index contributed by atoms with van der Waals surface area (Å²) in [6, 6.07) is 0. The van der Waals surface area contributed by atoms with E-state index in [0.29, 0.717) is 12.5 Å². The van der Waals surface area contributed by atoms with E-state index < -0.39 is 11.5 Å². The first kappa shape index (κ1) is 21.9. The molecule has 1 rings (SSSR count). The highest BCUT2D eigenvalue weighted by atomic mass is 16.3. The van der Waals surface area contributed by atoms with Crippen LogP contribution in [0.4, 0.5) is 0 Å². The third-order valence-electron chi connectivity index (χ3n) is 5.51. The summed E-state index contributed by atoms with van der Waals surface area (Å²) in [6.45, 7) is 12.4. The molecule has 0 bridgehead atoms. The van der Waals surface area contributed by atoms with Crippen LogP contribution in [-0.2, 0) is 9.59 Å². The predicted molar refractivity (Wildman–Crippen MR) is 102 cm³/mol. The molecule has 4 heteroatoms. The van der Waals surface area contributed by atoms with E-state index >= 15 is 0 Å². The first-order chi connectivity index (χ1) is 11.5. The predicted octanol–water partition coefficient (Wildman–Crippen LogP) is 3.88. The fourth-order valence-electron chi connectivity index (χ4n) is 3.76. The van der Waals surface area contributed by atoms with Crippen molar-refractivity contribution < 1.29 is 14.7 Å². The smallest absolute Gasteiger partial charge is 0.222 e. The molecule has 0 aromatic heterocycles. The van der Waals surface area contributed by atoms with Crippen LogP contribution in [0.5, 0.6) is 0 Å². The molecule has 3 unspecified atom stereocenters. The first-order valence-electron chi connectivity index (χ1n) is 9.70. The van der Waals surface area contributed by atoms with Gasteiger partial charge < -0.3 is 10.4 Å². The van der Waals surface area contributed by atoms with Gasteiger partial charge in [0.1, 0.15) is 5.78 Å². The Morgan fingerprint density at radius 2 is 1.84 bits per heavy atom. The maximum Gasteiger partial charge on any atom is 0.222 e. The van der Waals surface area contributed by atoms with Gasteiger partial charge in [0.15, 0.2) is 0 Å². The number of Topliss-reactive ketones (excluding diaryl/α,β-unsaturated/α-hetero) is 1. The van der Waals surface area contributed by atoms with E-state index in [9.17, 15) is 14.7 Å². The van der Waals surface area contributed by atoms with Crippen LogP contribution in [0.3, 0.4) is 0 Å². The Hall–Kier alpha value is -1.16. The maximum absolute atomic E-state index is 12.8. The number of rotatable bonds is 0. The zero-order valence-corrected chi connectivity index (χ0v) is 16.9. The second-order valence-corrected chi connectivity index (χ2v) is 8.73. The van der Waals surface area contributed by atoms with Gasteiger partial charge in [-0.1, -0.05) is 52.7 Å². The second-order valence-electron chi connectivity index (χ2n) is 8.73. The van der Waals surface area contributed by atoms with Gasteiger partial charge in [-0.3, -0.25) is 9.59 Å². The average molecular weight is 352 g/mol. The SMILES string of the molecule is C/C1=C/[C@H](C)CNC(=O)CC(O)C(C)(C)C(=O)C(C)CC(C)CCC1. The van der Waals surface area contributed by atoms with E-state index in [4.69, 9.17) is 0 Å². The minimum absolute atomic E-state index is 0.0313. The van der Waals surface area contributed by atoms with Crippen LogP contribution in [0.25, 0.3) is 0 Å². The molecule has 1 aliphatic rings. The van der Waals surface area contributed by atoms with Crippen molar-refractivity contribution in [3.05, 3.63) is 11.6 Å². The van der Waals surface area contributed by atoms with Crippen LogP contribution in [-0.4, -0.2) is 29.4 Å². The van der Waals surface area contributed by atoms with Gasteiger partial charge in [-0.2, -0.15) is 0 Å². The van der Waals surface area contributed by atoms with Crippen LogP contribution in [0.15, 0.2) is 11.6 Å². The number of ketones is 1. The van der Waals surface area contributed by atoms with Crippen molar-refractivity contribution in [1.29, 1.82) is 0 Å². The molecule has 0 aromatic rings. The number of carbonyl (C=O) groups excluding carboxylic acids is 2. The number of carbonyl (C=O) groups is 2. The molecule has 1 amide bonds. The van der Waals surface area contributed by atoms with E-state index in [-0.39, 0.29) is 29.9 Å². The highest BCUT2D eigenvalue weighted by molar-refractivity contribution is 5.87. The van der Waals surface area contributed by atoms with Gasteiger partial charge in [0, 0.05) is 12.5 Å². The zero-order valence-electron chi connectivity index (χ0n) is 16.9. The molecular formula is C21H37NO3. The van der Waals surface area contributed by atoms with Crippen LogP contribution in [0.2, 0.25) is 0 Å². The van der Waals surface area contributed by atoms with Gasteiger partial charge in [-0.15, -0.1) is 0 Å². The third kappa shape index (κ3) is 6.93. The molecule has 144 valence electrons. The highest BCUT2D eigenvalue weighted by Crippen LogP contribution is 2.31. The molecule has 25 heavy (non-hydrogen) atoms. The fourth-order valence-corrected chi connectivity index (χ4v) is 3.76. The minimum atomic E-state index is -0.960. The van der Waals surface area contributed by atoms with Gasteiger partial charge in [0.05, 0.1) is 17.9 Å². The molecule has 0 saturated heterocycles. The lowest BCUT2D eigenvalue weighted by molar-refractivity contribution is -0.139. The number of hydrogen-bond donors (Lipinski definition) is 2. The Morgan fingerprint density at radius 1 is 1.20 bits per heavy atom. The van der Waals surface area contributed by atoms with Crippen molar-refractivity contribution >= 4 is 11.7 Å². The van der Waals surface area contributed by atoms with Crippen molar-refractivity contribution in [3.63, 3.8) is 0 Å². The van der Waals surface area contributed by atoms with E-state index in [1.165, 1.54) is 5.57 Å². The summed E-state index contributed by atoms with van der Waals surface area (Å²) < 4.78 is 0. The largest absolute Gasteiger partial charge is 0.392 e. The van der Waals surface area contributed by atoms with Gasteiger partial charge in [0.25, 0.3) is 0 Å². The summed E-state index contributed by atoms with van der Waals surface area (Å²) in [6.07, 6.45) is 5.36. The van der Waals surface area contributed by atoms with Crippen molar-refractivity contribution in [3.8, 4) is 0 Å². The van der Waals surface area contributed by atoms with Crippen LogP contribution in [0.1, 0.15) is 73.6 Å². The van der Waals surface area contributed by atoms with Gasteiger partial charge in [0.2, 0.25) is 5.91 Å². The Labute approximate surface area is 153 Å².